The number of thiophene rings is 1. The van der Waals surface area contributed by atoms with Crippen LogP contribution in [0.5, 0.6) is 0 Å². The maximum atomic E-state index is 14.3. The first-order chi connectivity index (χ1) is 19.5. The third-order valence-corrected chi connectivity index (χ3v) is 7.86. The Hall–Kier alpha value is -4.83. The van der Waals surface area contributed by atoms with Crippen molar-refractivity contribution >= 4 is 40.3 Å². The zero-order valence-electron chi connectivity index (χ0n) is 21.5. The number of aryl methyl sites for hydroxylation is 1. The van der Waals surface area contributed by atoms with Gasteiger partial charge in [0.15, 0.2) is 0 Å². The minimum Gasteiger partial charge on any atom is -0.447 e. The molecular formula is C30H24FN5O3S. The van der Waals surface area contributed by atoms with Crippen molar-refractivity contribution in [3.8, 4) is 10.4 Å². The zero-order chi connectivity index (χ0) is 27.6. The van der Waals surface area contributed by atoms with Crippen LogP contribution in [-0.4, -0.2) is 28.3 Å². The quantitative estimate of drug-likeness (QED) is 0.256. The maximum absolute atomic E-state index is 14.3. The molecule has 6 rings (SSSR count). The summed E-state index contributed by atoms with van der Waals surface area (Å²) in [4.78, 5) is 38.6. The van der Waals surface area contributed by atoms with E-state index in [0.29, 0.717) is 47.4 Å². The summed E-state index contributed by atoms with van der Waals surface area (Å²) >= 11 is 1.33. The van der Waals surface area contributed by atoms with E-state index in [1.807, 2.05) is 30.3 Å². The Morgan fingerprint density at radius 2 is 1.95 bits per heavy atom. The van der Waals surface area contributed by atoms with Gasteiger partial charge in [0.05, 0.1) is 29.0 Å². The molecule has 5 aromatic rings. The third kappa shape index (κ3) is 4.96. The van der Waals surface area contributed by atoms with Gasteiger partial charge in [-0.2, -0.15) is 0 Å². The Morgan fingerprint density at radius 1 is 1.10 bits per heavy atom. The number of hydrogen-bond donors (Lipinski definition) is 2. The smallest absolute Gasteiger partial charge is 0.276 e. The van der Waals surface area contributed by atoms with Crippen LogP contribution in [0.2, 0.25) is 0 Å². The molecule has 0 unspecified atom stereocenters. The fourth-order valence-electron chi connectivity index (χ4n) is 4.68. The molecule has 2 aromatic carbocycles. The number of fused-ring (bicyclic) bond motifs is 3. The number of carbonyl (C=O) groups excluding carboxylic acids is 2. The van der Waals surface area contributed by atoms with Gasteiger partial charge in [0.25, 0.3) is 11.8 Å². The van der Waals surface area contributed by atoms with E-state index in [1.54, 1.807) is 48.4 Å². The molecule has 0 saturated carbocycles. The van der Waals surface area contributed by atoms with Gasteiger partial charge in [0.1, 0.15) is 23.6 Å². The molecule has 2 amide bonds. The lowest BCUT2D eigenvalue weighted by molar-refractivity contribution is 0.0981. The molecule has 0 saturated heterocycles. The average molecular weight is 554 g/mol. The van der Waals surface area contributed by atoms with E-state index in [9.17, 15) is 14.0 Å². The fourth-order valence-corrected chi connectivity index (χ4v) is 5.82. The summed E-state index contributed by atoms with van der Waals surface area (Å²) in [6.07, 6.45) is 3.61. The lowest BCUT2D eigenvalue weighted by atomic mass is 10.1. The topological polar surface area (TPSA) is 100 Å². The first kappa shape index (κ1) is 25.4. The molecular weight excluding hydrogens is 529 g/mol. The second-order valence-corrected chi connectivity index (χ2v) is 10.3. The Kier molecular flexibility index (Phi) is 6.83. The Morgan fingerprint density at radius 3 is 2.77 bits per heavy atom. The van der Waals surface area contributed by atoms with Crippen molar-refractivity contribution in [1.82, 2.24) is 9.97 Å². The van der Waals surface area contributed by atoms with Crippen molar-refractivity contribution in [3.05, 3.63) is 113 Å². The zero-order valence-corrected chi connectivity index (χ0v) is 22.3. The van der Waals surface area contributed by atoms with Crippen LogP contribution in [0.25, 0.3) is 10.4 Å². The van der Waals surface area contributed by atoms with Crippen molar-refractivity contribution < 1.29 is 18.4 Å². The molecule has 1 aliphatic heterocycles. The van der Waals surface area contributed by atoms with Gasteiger partial charge in [-0.25, -0.2) is 14.4 Å². The largest absolute Gasteiger partial charge is 0.447 e. The first-order valence-electron chi connectivity index (χ1n) is 12.7. The summed E-state index contributed by atoms with van der Waals surface area (Å²) in [6, 6.07) is 19.4. The molecule has 1 aliphatic rings. The Labute approximate surface area is 233 Å². The van der Waals surface area contributed by atoms with Crippen LogP contribution in [0.15, 0.2) is 83.6 Å². The van der Waals surface area contributed by atoms with Crippen LogP contribution in [0.4, 0.5) is 21.6 Å². The highest BCUT2D eigenvalue weighted by molar-refractivity contribution is 7.17. The number of rotatable bonds is 6. The molecule has 0 atom stereocenters. The SMILES string of the molecule is Cc1cccc(F)c1NC(=O)c1cc2c(s1)-c1ccccc1N(C(=O)c1cccc(NCc3ncco3)n1)CC2. The van der Waals surface area contributed by atoms with Crippen molar-refractivity contribution in [2.45, 2.75) is 19.9 Å². The number of benzene rings is 2. The normalized spacial score (nSPS) is 12.3. The predicted octanol–water partition coefficient (Wildman–Crippen LogP) is 6.31. The summed E-state index contributed by atoms with van der Waals surface area (Å²) in [5.74, 6) is -0.0166. The van der Waals surface area contributed by atoms with Gasteiger partial charge in [-0.3, -0.25) is 9.59 Å². The lowest BCUT2D eigenvalue weighted by Gasteiger charge is -2.23. The number of hydrogen-bond acceptors (Lipinski definition) is 7. The minimum absolute atomic E-state index is 0.179. The van der Waals surface area contributed by atoms with Crippen molar-refractivity contribution in [1.29, 1.82) is 0 Å². The summed E-state index contributed by atoms with van der Waals surface area (Å²) < 4.78 is 19.6. The van der Waals surface area contributed by atoms with Crippen LogP contribution in [0.3, 0.4) is 0 Å². The van der Waals surface area contributed by atoms with Crippen LogP contribution in [0.1, 0.15) is 37.2 Å². The Balaban J connectivity index is 1.26. The average Bonchev–Trinajstić information content (AvgIpc) is 3.62. The maximum Gasteiger partial charge on any atom is 0.276 e. The number of pyridine rings is 1. The molecule has 0 aliphatic carbocycles. The number of nitrogens with one attached hydrogen (secondary N) is 2. The molecule has 200 valence electrons. The highest BCUT2D eigenvalue weighted by atomic mass is 32.1. The molecule has 8 nitrogen and oxygen atoms in total. The van der Waals surface area contributed by atoms with Crippen LogP contribution in [0, 0.1) is 12.7 Å². The van der Waals surface area contributed by atoms with Gasteiger partial charge in [0, 0.05) is 17.0 Å². The number of nitrogens with zero attached hydrogens (tertiary/aromatic N) is 3. The van der Waals surface area contributed by atoms with Crippen molar-refractivity contribution in [3.63, 3.8) is 0 Å². The third-order valence-electron chi connectivity index (χ3n) is 6.66. The number of anilines is 3. The second-order valence-electron chi connectivity index (χ2n) is 9.26. The van der Waals surface area contributed by atoms with E-state index in [-0.39, 0.29) is 17.5 Å². The van der Waals surface area contributed by atoms with Gasteiger partial charge in [-0.05, 0) is 54.8 Å². The van der Waals surface area contributed by atoms with Crippen LogP contribution in [-0.2, 0) is 13.0 Å². The van der Waals surface area contributed by atoms with E-state index in [2.05, 4.69) is 20.6 Å². The van der Waals surface area contributed by atoms with Gasteiger partial charge in [-0.15, -0.1) is 11.3 Å². The van der Waals surface area contributed by atoms with Crippen molar-refractivity contribution in [2.75, 3.05) is 22.1 Å². The molecule has 0 radical (unpaired) electrons. The predicted molar refractivity (Wildman–Crippen MR) is 152 cm³/mol. The number of amides is 2. The van der Waals surface area contributed by atoms with Crippen LogP contribution < -0.4 is 15.5 Å². The monoisotopic (exact) mass is 553 g/mol. The minimum atomic E-state index is -0.475. The standard InChI is InChI=1S/C30H24FN5O3S/c1-18-6-4-8-21(31)27(18)35-29(37)24-16-19-12-14-36(23-10-3-2-7-20(23)28(19)40-24)30(38)22-9-5-11-25(34-22)33-17-26-32-13-15-39-26/h2-11,13,15-16H,12,14,17H2,1H3,(H,33,34)(H,35,37). The van der Waals surface area contributed by atoms with E-state index in [0.717, 1.165) is 21.7 Å². The van der Waals surface area contributed by atoms with Crippen LogP contribution >= 0.6 is 11.3 Å². The molecule has 2 N–H and O–H groups in total. The van der Waals surface area contributed by atoms with Gasteiger partial charge in [0.2, 0.25) is 5.89 Å². The highest BCUT2D eigenvalue weighted by Crippen LogP contribution is 2.42. The molecule has 10 heteroatoms. The lowest BCUT2D eigenvalue weighted by Crippen LogP contribution is -2.33. The van der Waals surface area contributed by atoms with Gasteiger partial charge >= 0.3 is 0 Å². The van der Waals surface area contributed by atoms with Gasteiger partial charge in [-0.1, -0.05) is 36.4 Å². The number of para-hydroxylation sites is 2. The number of halogens is 1. The number of oxazole rings is 1. The molecule has 0 bridgehead atoms. The summed E-state index contributed by atoms with van der Waals surface area (Å²) in [5.41, 5.74) is 3.68. The van der Waals surface area contributed by atoms with Gasteiger partial charge < -0.3 is 20.0 Å². The number of aromatic nitrogens is 2. The Bertz CT molecular complexity index is 1700. The van der Waals surface area contributed by atoms with E-state index >= 15 is 0 Å². The number of carbonyl (C=O) groups is 2. The molecule has 40 heavy (non-hydrogen) atoms. The van der Waals surface area contributed by atoms with Crippen molar-refractivity contribution in [2.24, 2.45) is 0 Å². The second kappa shape index (κ2) is 10.7. The summed E-state index contributed by atoms with van der Waals surface area (Å²) in [7, 11) is 0. The van der Waals surface area contributed by atoms with E-state index < -0.39 is 5.82 Å². The molecule has 0 spiro atoms. The fraction of sp³-hybridized carbons (Fsp3) is 0.133. The highest BCUT2D eigenvalue weighted by Gasteiger charge is 2.28. The summed E-state index contributed by atoms with van der Waals surface area (Å²) in [6.45, 7) is 2.50. The van der Waals surface area contributed by atoms with E-state index in [4.69, 9.17) is 4.42 Å². The molecule has 0 fully saturated rings. The summed E-state index contributed by atoms with van der Waals surface area (Å²) in [5, 5.41) is 5.85. The molecule has 4 heterocycles. The van der Waals surface area contributed by atoms with E-state index in [1.165, 1.54) is 23.7 Å². The first-order valence-corrected chi connectivity index (χ1v) is 13.5. The molecule has 3 aromatic heterocycles.